The largest absolute Gasteiger partial charge is 0.384 e. The number of nitrogens with two attached hydrogens (primary N) is 1. The molecule has 0 saturated carbocycles. The van der Waals surface area contributed by atoms with Gasteiger partial charge in [0, 0.05) is 18.3 Å². The van der Waals surface area contributed by atoms with Crippen molar-refractivity contribution in [2.45, 2.75) is 45.7 Å². The van der Waals surface area contributed by atoms with E-state index in [-0.39, 0.29) is 0 Å². The minimum Gasteiger partial charge on any atom is -0.384 e. The van der Waals surface area contributed by atoms with E-state index >= 15 is 0 Å². The summed E-state index contributed by atoms with van der Waals surface area (Å²) in [5.74, 6) is 0.621. The second-order valence-electron chi connectivity index (χ2n) is 4.96. The predicted molar refractivity (Wildman–Crippen MR) is 67.2 cm³/mol. The summed E-state index contributed by atoms with van der Waals surface area (Å²) in [4.78, 5) is 6.79. The van der Waals surface area contributed by atoms with Gasteiger partial charge >= 0.3 is 0 Å². The molecular weight excluding hydrogens is 198 g/mol. The zero-order chi connectivity index (χ0) is 11.7. The fourth-order valence-electron chi connectivity index (χ4n) is 2.68. The van der Waals surface area contributed by atoms with Crippen molar-refractivity contribution in [2.75, 3.05) is 12.3 Å². The summed E-state index contributed by atoms with van der Waals surface area (Å²) < 4.78 is 0. The highest BCUT2D eigenvalue weighted by molar-refractivity contribution is 5.38. The van der Waals surface area contributed by atoms with Gasteiger partial charge in [0.05, 0.1) is 0 Å². The van der Waals surface area contributed by atoms with Crippen LogP contribution >= 0.6 is 0 Å². The van der Waals surface area contributed by atoms with E-state index in [0.29, 0.717) is 17.9 Å². The Balaban J connectivity index is 2.29. The zero-order valence-electron chi connectivity index (χ0n) is 10.4. The third-order valence-electron chi connectivity index (χ3n) is 3.49. The van der Waals surface area contributed by atoms with Gasteiger partial charge in [-0.05, 0) is 57.4 Å². The maximum absolute atomic E-state index is 5.70. The number of aryl methyl sites for hydroxylation is 1. The Labute approximate surface area is 97.7 Å². The summed E-state index contributed by atoms with van der Waals surface area (Å²) in [6.45, 7) is 7.85. The number of likely N-dealkylation sites (tertiary alicyclic amines) is 1. The van der Waals surface area contributed by atoms with E-state index < -0.39 is 0 Å². The average Bonchev–Trinajstić information content (AvgIpc) is 2.66. The summed E-state index contributed by atoms with van der Waals surface area (Å²) in [7, 11) is 0. The second-order valence-corrected chi connectivity index (χ2v) is 4.96. The van der Waals surface area contributed by atoms with Crippen LogP contribution in [0.5, 0.6) is 0 Å². The van der Waals surface area contributed by atoms with E-state index in [1.807, 2.05) is 12.3 Å². The molecule has 1 aliphatic heterocycles. The number of nitrogens with zero attached hydrogens (tertiary/aromatic N) is 2. The highest BCUT2D eigenvalue weighted by atomic mass is 15.2. The molecule has 1 aliphatic rings. The summed E-state index contributed by atoms with van der Waals surface area (Å²) >= 11 is 0. The van der Waals surface area contributed by atoms with Gasteiger partial charge in [0.15, 0.2) is 0 Å². The minimum atomic E-state index is 0.535. The van der Waals surface area contributed by atoms with Gasteiger partial charge in [-0.3, -0.25) is 4.90 Å². The van der Waals surface area contributed by atoms with Gasteiger partial charge in [0.2, 0.25) is 0 Å². The normalized spacial score (nSPS) is 21.9. The van der Waals surface area contributed by atoms with Crippen LogP contribution in [0.25, 0.3) is 0 Å². The van der Waals surface area contributed by atoms with Crippen molar-refractivity contribution in [2.24, 2.45) is 0 Å². The topological polar surface area (TPSA) is 42.1 Å². The first-order valence-electron chi connectivity index (χ1n) is 6.07. The Morgan fingerprint density at radius 2 is 2.25 bits per heavy atom. The monoisotopic (exact) mass is 219 g/mol. The van der Waals surface area contributed by atoms with Crippen LogP contribution in [0, 0.1) is 6.92 Å². The maximum Gasteiger partial charge on any atom is 0.123 e. The van der Waals surface area contributed by atoms with E-state index in [2.05, 4.69) is 30.7 Å². The molecule has 0 aromatic carbocycles. The zero-order valence-corrected chi connectivity index (χ0v) is 10.4. The van der Waals surface area contributed by atoms with Crippen molar-refractivity contribution < 1.29 is 0 Å². The van der Waals surface area contributed by atoms with Crippen LogP contribution in [-0.4, -0.2) is 22.5 Å². The number of rotatable bonds is 2. The SMILES string of the molecule is Cc1cc(N)ncc1[C@H]1CCCN1C(C)C. The van der Waals surface area contributed by atoms with Crippen LogP contribution < -0.4 is 5.73 Å². The van der Waals surface area contributed by atoms with Gasteiger partial charge in [-0.15, -0.1) is 0 Å². The molecule has 0 bridgehead atoms. The molecule has 3 nitrogen and oxygen atoms in total. The molecule has 0 spiro atoms. The number of hydrogen-bond donors (Lipinski definition) is 1. The molecule has 0 aliphatic carbocycles. The van der Waals surface area contributed by atoms with Crippen molar-refractivity contribution in [1.82, 2.24) is 9.88 Å². The smallest absolute Gasteiger partial charge is 0.123 e. The first-order chi connectivity index (χ1) is 7.59. The summed E-state index contributed by atoms with van der Waals surface area (Å²) in [5, 5.41) is 0. The second kappa shape index (κ2) is 4.42. The molecule has 3 heteroatoms. The van der Waals surface area contributed by atoms with Crippen molar-refractivity contribution in [3.63, 3.8) is 0 Å². The highest BCUT2D eigenvalue weighted by Gasteiger charge is 2.28. The van der Waals surface area contributed by atoms with Crippen molar-refractivity contribution in [3.05, 3.63) is 23.4 Å². The van der Waals surface area contributed by atoms with Crippen LogP contribution in [0.2, 0.25) is 0 Å². The molecule has 1 aromatic heterocycles. The van der Waals surface area contributed by atoms with Gasteiger partial charge < -0.3 is 5.73 Å². The van der Waals surface area contributed by atoms with Crippen molar-refractivity contribution in [1.29, 1.82) is 0 Å². The van der Waals surface area contributed by atoms with E-state index in [1.165, 1.54) is 30.5 Å². The first kappa shape index (κ1) is 11.4. The van der Waals surface area contributed by atoms with Gasteiger partial charge in [-0.1, -0.05) is 0 Å². The molecule has 1 aromatic rings. The average molecular weight is 219 g/mol. The lowest BCUT2D eigenvalue weighted by molar-refractivity contribution is 0.205. The summed E-state index contributed by atoms with van der Waals surface area (Å²) in [5.41, 5.74) is 8.31. The molecule has 0 unspecified atom stereocenters. The standard InChI is InChI=1S/C13H21N3/c1-9(2)16-6-4-5-12(16)11-8-15-13(14)7-10(11)3/h7-9,12H,4-6H2,1-3H3,(H2,14,15)/t12-/m1/s1. The van der Waals surface area contributed by atoms with Crippen LogP contribution in [0.3, 0.4) is 0 Å². The fraction of sp³-hybridized carbons (Fsp3) is 0.615. The Hall–Kier alpha value is -1.09. The summed E-state index contributed by atoms with van der Waals surface area (Å²) in [6.07, 6.45) is 4.48. The number of hydrogen-bond acceptors (Lipinski definition) is 3. The van der Waals surface area contributed by atoms with Gasteiger partial charge in [0.25, 0.3) is 0 Å². The Morgan fingerprint density at radius 3 is 2.88 bits per heavy atom. The van der Waals surface area contributed by atoms with Crippen LogP contribution in [0.4, 0.5) is 5.82 Å². The van der Waals surface area contributed by atoms with Crippen molar-refractivity contribution in [3.8, 4) is 0 Å². The Bertz CT molecular complexity index is 373. The number of aromatic nitrogens is 1. The lowest BCUT2D eigenvalue weighted by Gasteiger charge is -2.29. The van der Waals surface area contributed by atoms with Gasteiger partial charge in [-0.25, -0.2) is 4.98 Å². The molecule has 2 heterocycles. The fourth-order valence-corrected chi connectivity index (χ4v) is 2.68. The summed E-state index contributed by atoms with van der Waals surface area (Å²) in [6, 6.07) is 3.11. The van der Waals surface area contributed by atoms with Crippen LogP contribution in [-0.2, 0) is 0 Å². The van der Waals surface area contributed by atoms with E-state index in [1.54, 1.807) is 0 Å². The van der Waals surface area contributed by atoms with Crippen molar-refractivity contribution >= 4 is 5.82 Å². The predicted octanol–water partition coefficient (Wildman–Crippen LogP) is 2.52. The lowest BCUT2D eigenvalue weighted by Crippen LogP contribution is -2.30. The molecule has 0 radical (unpaired) electrons. The molecule has 1 saturated heterocycles. The third-order valence-corrected chi connectivity index (χ3v) is 3.49. The van der Waals surface area contributed by atoms with E-state index in [9.17, 15) is 0 Å². The molecule has 16 heavy (non-hydrogen) atoms. The quantitative estimate of drug-likeness (QED) is 0.831. The molecule has 1 fully saturated rings. The number of nitrogen functional groups attached to an aromatic ring is 1. The Morgan fingerprint density at radius 1 is 1.50 bits per heavy atom. The first-order valence-corrected chi connectivity index (χ1v) is 6.07. The lowest BCUT2D eigenvalue weighted by atomic mass is 10.0. The minimum absolute atomic E-state index is 0.535. The van der Waals surface area contributed by atoms with Gasteiger partial charge in [0.1, 0.15) is 5.82 Å². The Kier molecular flexibility index (Phi) is 3.15. The molecule has 88 valence electrons. The van der Waals surface area contributed by atoms with Gasteiger partial charge in [-0.2, -0.15) is 0 Å². The number of anilines is 1. The number of pyridine rings is 1. The van der Waals surface area contributed by atoms with Crippen LogP contribution in [0.1, 0.15) is 43.9 Å². The molecular formula is C13H21N3. The molecule has 0 amide bonds. The van der Waals surface area contributed by atoms with Crippen LogP contribution in [0.15, 0.2) is 12.3 Å². The maximum atomic E-state index is 5.70. The highest BCUT2D eigenvalue weighted by Crippen LogP contribution is 2.34. The molecule has 2 rings (SSSR count). The van der Waals surface area contributed by atoms with E-state index in [4.69, 9.17) is 5.73 Å². The third kappa shape index (κ3) is 2.05. The molecule has 2 N–H and O–H groups in total. The molecule has 1 atom stereocenters. The van der Waals surface area contributed by atoms with E-state index in [0.717, 1.165) is 0 Å².